The molecule has 0 aliphatic carbocycles. The molecule has 0 N–H and O–H groups in total. The zero-order valence-electron chi connectivity index (χ0n) is 9.23. The van der Waals surface area contributed by atoms with Gasteiger partial charge in [0.2, 0.25) is 11.7 Å². The predicted molar refractivity (Wildman–Crippen MR) is 54.2 cm³/mol. The van der Waals surface area contributed by atoms with Crippen molar-refractivity contribution < 1.29 is 19.1 Å². The molecule has 0 aromatic rings. The Labute approximate surface area is 93.0 Å². The number of hydrogen-bond donors (Lipinski definition) is 0. The molecular formula is C11H13NO4. The normalized spacial score (nSPS) is 32.9. The topological polar surface area (TPSA) is 63.7 Å². The second-order valence-electron chi connectivity index (χ2n) is 4.24. The van der Waals surface area contributed by atoms with E-state index >= 15 is 0 Å². The van der Waals surface area contributed by atoms with Crippen LogP contribution in [0.25, 0.3) is 0 Å². The lowest BCUT2D eigenvalue weighted by Crippen LogP contribution is -2.56. The van der Waals surface area contributed by atoms with Gasteiger partial charge < -0.3 is 9.64 Å². The fraction of sp³-hybridized carbons (Fsp3) is 0.545. The molecule has 2 heterocycles. The third-order valence-electron chi connectivity index (χ3n) is 3.12. The molecule has 1 fully saturated rings. The van der Waals surface area contributed by atoms with Gasteiger partial charge in [-0.2, -0.15) is 0 Å². The molecule has 2 rings (SSSR count). The van der Waals surface area contributed by atoms with Gasteiger partial charge in [0, 0.05) is 25.6 Å². The van der Waals surface area contributed by atoms with Crippen molar-refractivity contribution in [3.8, 4) is 0 Å². The van der Waals surface area contributed by atoms with Crippen LogP contribution >= 0.6 is 0 Å². The quantitative estimate of drug-likeness (QED) is 0.603. The summed E-state index contributed by atoms with van der Waals surface area (Å²) in [6.45, 7) is 2.83. The van der Waals surface area contributed by atoms with Crippen LogP contribution in [0.3, 0.4) is 0 Å². The van der Waals surface area contributed by atoms with Crippen LogP contribution in [-0.4, -0.2) is 34.2 Å². The van der Waals surface area contributed by atoms with E-state index in [1.165, 1.54) is 24.1 Å². The molecule has 86 valence electrons. The fourth-order valence-corrected chi connectivity index (χ4v) is 2.32. The van der Waals surface area contributed by atoms with Crippen LogP contribution in [0.1, 0.15) is 26.7 Å². The van der Waals surface area contributed by atoms with Crippen molar-refractivity contribution in [3.63, 3.8) is 0 Å². The average molecular weight is 223 g/mol. The number of nitrogens with zero attached hydrogens (tertiary/aromatic N) is 1. The Morgan fingerprint density at radius 2 is 2.25 bits per heavy atom. The van der Waals surface area contributed by atoms with Crippen LogP contribution < -0.4 is 0 Å². The van der Waals surface area contributed by atoms with Crippen LogP contribution in [0, 0.1) is 0 Å². The minimum Gasteiger partial charge on any atom is -0.449 e. The average Bonchev–Trinajstić information content (AvgIpc) is 2.54. The number of hydrogen-bond acceptors (Lipinski definition) is 4. The molecule has 5 heteroatoms. The van der Waals surface area contributed by atoms with E-state index in [9.17, 15) is 14.4 Å². The summed E-state index contributed by atoms with van der Waals surface area (Å²) >= 11 is 0. The number of ketones is 1. The molecular weight excluding hydrogens is 210 g/mol. The summed E-state index contributed by atoms with van der Waals surface area (Å²) < 4.78 is 5.12. The van der Waals surface area contributed by atoms with Crippen molar-refractivity contribution in [3.05, 3.63) is 12.3 Å². The Morgan fingerprint density at radius 1 is 1.56 bits per heavy atom. The Hall–Kier alpha value is -1.65. The lowest BCUT2D eigenvalue weighted by molar-refractivity contribution is -0.169. The highest BCUT2D eigenvalue weighted by atomic mass is 16.6. The molecule has 0 saturated carbocycles. The van der Waals surface area contributed by atoms with Gasteiger partial charge in [0.1, 0.15) is 0 Å². The fourth-order valence-electron chi connectivity index (χ4n) is 2.32. The van der Waals surface area contributed by atoms with Crippen molar-refractivity contribution in [2.75, 3.05) is 0 Å². The largest absolute Gasteiger partial charge is 0.449 e. The summed E-state index contributed by atoms with van der Waals surface area (Å²) in [5.74, 6) is -0.809. The molecule has 0 unspecified atom stereocenters. The summed E-state index contributed by atoms with van der Waals surface area (Å²) in [5.41, 5.74) is -1.23. The van der Waals surface area contributed by atoms with Gasteiger partial charge in [0.15, 0.2) is 5.60 Å². The molecule has 1 amide bonds. The zero-order chi connectivity index (χ0) is 11.9. The van der Waals surface area contributed by atoms with Gasteiger partial charge in [-0.3, -0.25) is 14.4 Å². The van der Waals surface area contributed by atoms with E-state index in [-0.39, 0.29) is 17.7 Å². The van der Waals surface area contributed by atoms with Gasteiger partial charge in [0.05, 0.1) is 6.04 Å². The third kappa shape index (κ3) is 1.43. The molecule has 0 bridgehead atoms. The van der Waals surface area contributed by atoms with Gasteiger partial charge in [0.25, 0.3) is 0 Å². The lowest BCUT2D eigenvalue weighted by atomic mass is 9.87. The predicted octanol–water partition coefficient (Wildman–Crippen LogP) is 0.396. The number of carbonyl (C=O) groups excluding carboxylic acids is 3. The SMILES string of the molecule is CC(=O)O[C@@]1(C)C(=O)C=CN2C(=O)CC[C@H]21. The van der Waals surface area contributed by atoms with E-state index < -0.39 is 11.6 Å². The van der Waals surface area contributed by atoms with Crippen molar-refractivity contribution >= 4 is 17.7 Å². The summed E-state index contributed by atoms with van der Waals surface area (Å²) in [6.07, 6.45) is 3.70. The molecule has 2 aliphatic rings. The second-order valence-corrected chi connectivity index (χ2v) is 4.24. The van der Waals surface area contributed by atoms with Gasteiger partial charge >= 0.3 is 5.97 Å². The number of esters is 1. The van der Waals surface area contributed by atoms with E-state index in [0.717, 1.165) is 0 Å². The monoisotopic (exact) mass is 223 g/mol. The first-order chi connectivity index (χ1) is 7.45. The number of carbonyl (C=O) groups is 3. The molecule has 5 nitrogen and oxygen atoms in total. The highest BCUT2D eigenvalue weighted by Gasteiger charge is 2.52. The van der Waals surface area contributed by atoms with Gasteiger partial charge in [-0.15, -0.1) is 0 Å². The first kappa shape index (κ1) is 10.9. The van der Waals surface area contributed by atoms with E-state index in [0.29, 0.717) is 12.8 Å². The zero-order valence-corrected chi connectivity index (χ0v) is 9.23. The minimum atomic E-state index is -1.23. The van der Waals surface area contributed by atoms with Gasteiger partial charge in [-0.1, -0.05) is 0 Å². The maximum atomic E-state index is 11.8. The van der Waals surface area contributed by atoms with Crippen molar-refractivity contribution in [2.24, 2.45) is 0 Å². The first-order valence-electron chi connectivity index (χ1n) is 5.18. The molecule has 0 aromatic heterocycles. The standard InChI is InChI=1S/C11H13NO4/c1-7(13)16-11(2)8-3-4-10(15)12(8)6-5-9(11)14/h5-6,8H,3-4H2,1-2H3/t8-,11+/m0/s1. The second kappa shape index (κ2) is 3.43. The number of fused-ring (bicyclic) bond motifs is 1. The van der Waals surface area contributed by atoms with Gasteiger partial charge in [-0.25, -0.2) is 0 Å². The molecule has 16 heavy (non-hydrogen) atoms. The molecule has 2 atom stereocenters. The van der Waals surface area contributed by atoms with Crippen LogP contribution in [0.15, 0.2) is 12.3 Å². The maximum Gasteiger partial charge on any atom is 0.303 e. The van der Waals surface area contributed by atoms with E-state index in [4.69, 9.17) is 4.74 Å². The Morgan fingerprint density at radius 3 is 2.88 bits per heavy atom. The first-order valence-corrected chi connectivity index (χ1v) is 5.18. The maximum absolute atomic E-state index is 11.8. The van der Waals surface area contributed by atoms with Crippen molar-refractivity contribution in [1.29, 1.82) is 0 Å². The molecule has 2 aliphatic heterocycles. The summed E-state index contributed by atoms with van der Waals surface area (Å²) in [5, 5.41) is 0. The number of amides is 1. The summed E-state index contributed by atoms with van der Waals surface area (Å²) in [4.78, 5) is 35.8. The van der Waals surface area contributed by atoms with E-state index in [1.54, 1.807) is 6.92 Å². The lowest BCUT2D eigenvalue weighted by Gasteiger charge is -2.39. The number of rotatable bonds is 1. The van der Waals surface area contributed by atoms with E-state index in [2.05, 4.69) is 0 Å². The van der Waals surface area contributed by atoms with E-state index in [1.807, 2.05) is 0 Å². The van der Waals surface area contributed by atoms with Gasteiger partial charge in [-0.05, 0) is 13.3 Å². The third-order valence-corrected chi connectivity index (χ3v) is 3.12. The highest BCUT2D eigenvalue weighted by molar-refractivity contribution is 6.01. The van der Waals surface area contributed by atoms with Crippen molar-refractivity contribution in [1.82, 2.24) is 4.90 Å². The minimum absolute atomic E-state index is 0.0351. The van der Waals surface area contributed by atoms with Crippen LogP contribution in [0.5, 0.6) is 0 Å². The Kier molecular flexibility index (Phi) is 2.33. The molecule has 0 aromatic carbocycles. The van der Waals surface area contributed by atoms with Crippen molar-refractivity contribution in [2.45, 2.75) is 38.3 Å². The van der Waals surface area contributed by atoms with Crippen LogP contribution in [-0.2, 0) is 19.1 Å². The molecule has 0 spiro atoms. The molecule has 0 radical (unpaired) electrons. The summed E-state index contributed by atoms with van der Waals surface area (Å²) in [6, 6.07) is -0.360. The highest BCUT2D eigenvalue weighted by Crippen LogP contribution is 2.34. The molecule has 1 saturated heterocycles. The Balaban J connectivity index is 2.37. The van der Waals surface area contributed by atoms with Crippen LogP contribution in [0.2, 0.25) is 0 Å². The van der Waals surface area contributed by atoms with Crippen LogP contribution in [0.4, 0.5) is 0 Å². The summed E-state index contributed by atoms with van der Waals surface area (Å²) in [7, 11) is 0. The number of ether oxygens (including phenoxy) is 1. The Bertz CT molecular complexity index is 401. The smallest absolute Gasteiger partial charge is 0.303 e.